The summed E-state index contributed by atoms with van der Waals surface area (Å²) in [5.74, 6) is 3.51. The Morgan fingerprint density at radius 1 is 1.13 bits per heavy atom. The molecule has 0 atom stereocenters. The fourth-order valence-corrected chi connectivity index (χ4v) is 4.49. The number of thioether (sulfide) groups is 2. The van der Waals surface area contributed by atoms with E-state index >= 15 is 0 Å². The first-order valence-electron chi connectivity index (χ1n) is 6.84. The van der Waals surface area contributed by atoms with Gasteiger partial charge in [0.25, 0.3) is 0 Å². The maximum absolute atomic E-state index is 5.29. The lowest BCUT2D eigenvalue weighted by atomic mass is 10.2. The van der Waals surface area contributed by atoms with E-state index in [1.807, 2.05) is 24.3 Å². The van der Waals surface area contributed by atoms with Crippen LogP contribution in [0.1, 0.15) is 12.8 Å². The van der Waals surface area contributed by atoms with Gasteiger partial charge in [0.1, 0.15) is 5.75 Å². The van der Waals surface area contributed by atoms with E-state index in [4.69, 9.17) is 9.26 Å². The highest BCUT2D eigenvalue weighted by Gasteiger charge is 2.11. The van der Waals surface area contributed by atoms with Crippen LogP contribution in [0.5, 0.6) is 5.75 Å². The molecule has 23 heavy (non-hydrogen) atoms. The van der Waals surface area contributed by atoms with Crippen molar-refractivity contribution >= 4 is 34.9 Å². The van der Waals surface area contributed by atoms with E-state index in [9.17, 15) is 0 Å². The van der Waals surface area contributed by atoms with Crippen LogP contribution in [0.3, 0.4) is 0 Å². The summed E-state index contributed by atoms with van der Waals surface area (Å²) in [5, 5.41) is 12.3. The number of hydrogen-bond donors (Lipinski definition) is 0. The van der Waals surface area contributed by atoms with Gasteiger partial charge in [-0.1, -0.05) is 46.9 Å². The van der Waals surface area contributed by atoms with Crippen molar-refractivity contribution in [3.05, 3.63) is 30.2 Å². The van der Waals surface area contributed by atoms with E-state index in [0.717, 1.165) is 25.7 Å². The molecule has 2 heterocycles. The van der Waals surface area contributed by atoms with Gasteiger partial charge in [-0.2, -0.15) is 4.98 Å². The third kappa shape index (κ3) is 4.24. The number of benzene rings is 1. The Morgan fingerprint density at radius 3 is 2.57 bits per heavy atom. The van der Waals surface area contributed by atoms with Gasteiger partial charge >= 0.3 is 0 Å². The highest BCUT2D eigenvalue weighted by molar-refractivity contribution is 8.02. The Balaban J connectivity index is 1.62. The van der Waals surface area contributed by atoms with E-state index in [-0.39, 0.29) is 0 Å². The highest BCUT2D eigenvalue weighted by atomic mass is 32.2. The van der Waals surface area contributed by atoms with Gasteiger partial charge in [-0.15, -0.1) is 10.2 Å². The van der Waals surface area contributed by atoms with Crippen LogP contribution in [0.25, 0.3) is 11.4 Å². The SMILES string of the molecule is CCSc1nnc(SCc2nc(-c3ccc(OC)cc3)no2)s1. The fraction of sp³-hybridized carbons (Fsp3) is 0.286. The van der Waals surface area contributed by atoms with Gasteiger partial charge < -0.3 is 9.26 Å². The summed E-state index contributed by atoms with van der Waals surface area (Å²) in [7, 11) is 1.64. The van der Waals surface area contributed by atoms with Gasteiger partial charge in [0.2, 0.25) is 11.7 Å². The van der Waals surface area contributed by atoms with Gasteiger partial charge in [-0.25, -0.2) is 0 Å². The third-order valence-corrected chi connectivity index (χ3v) is 5.85. The van der Waals surface area contributed by atoms with Crippen molar-refractivity contribution in [2.45, 2.75) is 21.4 Å². The summed E-state index contributed by atoms with van der Waals surface area (Å²) >= 11 is 4.83. The standard InChI is InChI=1S/C14H14N4O2S3/c1-3-21-13-16-17-14(23-13)22-8-11-15-12(18-20-11)9-4-6-10(19-2)7-5-9/h4-7H,3,8H2,1-2H3. The zero-order chi connectivity index (χ0) is 16.1. The van der Waals surface area contributed by atoms with Crippen LogP contribution in [-0.4, -0.2) is 33.2 Å². The average Bonchev–Trinajstić information content (AvgIpc) is 3.23. The summed E-state index contributed by atoms with van der Waals surface area (Å²) in [5.41, 5.74) is 0.892. The maximum Gasteiger partial charge on any atom is 0.237 e. The van der Waals surface area contributed by atoms with Crippen LogP contribution in [0, 0.1) is 0 Å². The zero-order valence-corrected chi connectivity index (χ0v) is 15.0. The van der Waals surface area contributed by atoms with E-state index < -0.39 is 0 Å². The summed E-state index contributed by atoms with van der Waals surface area (Å²) in [6, 6.07) is 7.54. The summed E-state index contributed by atoms with van der Waals surface area (Å²) in [6.45, 7) is 2.10. The summed E-state index contributed by atoms with van der Waals surface area (Å²) < 4.78 is 12.3. The average molecular weight is 366 g/mol. The van der Waals surface area contributed by atoms with Crippen molar-refractivity contribution in [2.24, 2.45) is 0 Å². The van der Waals surface area contributed by atoms with Crippen LogP contribution in [0.4, 0.5) is 0 Å². The molecular weight excluding hydrogens is 352 g/mol. The third-order valence-electron chi connectivity index (χ3n) is 2.79. The Hall–Kier alpha value is -1.58. The molecule has 3 rings (SSSR count). The lowest BCUT2D eigenvalue weighted by Gasteiger charge is -1.98. The molecule has 0 bridgehead atoms. The van der Waals surface area contributed by atoms with Gasteiger partial charge in [0.15, 0.2) is 8.68 Å². The maximum atomic E-state index is 5.29. The molecule has 120 valence electrons. The van der Waals surface area contributed by atoms with Gasteiger partial charge in [0.05, 0.1) is 12.9 Å². The smallest absolute Gasteiger partial charge is 0.237 e. The minimum absolute atomic E-state index is 0.570. The second-order valence-corrected chi connectivity index (χ2v) is 8.01. The number of rotatable bonds is 7. The van der Waals surface area contributed by atoms with Crippen LogP contribution in [0.15, 0.2) is 37.5 Å². The Bertz CT molecular complexity index is 757. The quantitative estimate of drug-likeness (QED) is 0.581. The van der Waals surface area contributed by atoms with E-state index in [2.05, 4.69) is 27.3 Å². The van der Waals surface area contributed by atoms with Crippen molar-refractivity contribution in [3.63, 3.8) is 0 Å². The number of ether oxygens (including phenoxy) is 1. The van der Waals surface area contributed by atoms with E-state index in [1.165, 1.54) is 0 Å². The molecule has 0 amide bonds. The first-order valence-corrected chi connectivity index (χ1v) is 9.63. The van der Waals surface area contributed by atoms with Crippen LogP contribution < -0.4 is 4.74 Å². The molecule has 0 saturated heterocycles. The molecule has 0 saturated carbocycles. The Morgan fingerprint density at radius 2 is 1.87 bits per heavy atom. The predicted octanol–water partition coefficient (Wildman–Crippen LogP) is 4.00. The Labute approximate surface area is 146 Å². The summed E-state index contributed by atoms with van der Waals surface area (Å²) in [4.78, 5) is 4.41. The van der Waals surface area contributed by atoms with Gasteiger partial charge in [0, 0.05) is 5.56 Å². The van der Waals surface area contributed by atoms with Gasteiger partial charge in [-0.3, -0.25) is 0 Å². The molecule has 0 N–H and O–H groups in total. The lowest BCUT2D eigenvalue weighted by Crippen LogP contribution is -1.85. The molecule has 0 aliphatic rings. The molecular formula is C14H14N4O2S3. The molecule has 0 spiro atoms. The highest BCUT2D eigenvalue weighted by Crippen LogP contribution is 2.30. The molecule has 0 aliphatic carbocycles. The van der Waals surface area contributed by atoms with Crippen LogP contribution in [-0.2, 0) is 5.75 Å². The Kier molecular flexibility index (Phi) is 5.52. The fourth-order valence-electron chi connectivity index (χ4n) is 1.73. The van der Waals surface area contributed by atoms with Crippen molar-refractivity contribution in [3.8, 4) is 17.1 Å². The number of hydrogen-bond acceptors (Lipinski definition) is 9. The molecule has 2 aromatic heterocycles. The number of aromatic nitrogens is 4. The lowest BCUT2D eigenvalue weighted by molar-refractivity contribution is 0.391. The molecule has 1 aromatic carbocycles. The second kappa shape index (κ2) is 7.80. The minimum atomic E-state index is 0.570. The molecule has 0 unspecified atom stereocenters. The monoisotopic (exact) mass is 366 g/mol. The van der Waals surface area contributed by atoms with Crippen molar-refractivity contribution in [2.75, 3.05) is 12.9 Å². The van der Waals surface area contributed by atoms with Crippen LogP contribution >= 0.6 is 34.9 Å². The first-order chi connectivity index (χ1) is 11.3. The van der Waals surface area contributed by atoms with E-state index in [1.54, 1.807) is 42.0 Å². The normalized spacial score (nSPS) is 10.9. The predicted molar refractivity (Wildman–Crippen MR) is 92.2 cm³/mol. The minimum Gasteiger partial charge on any atom is -0.497 e. The van der Waals surface area contributed by atoms with Crippen molar-refractivity contribution < 1.29 is 9.26 Å². The van der Waals surface area contributed by atoms with Crippen molar-refractivity contribution in [1.82, 2.24) is 20.3 Å². The molecule has 3 aromatic rings. The molecule has 0 radical (unpaired) electrons. The largest absolute Gasteiger partial charge is 0.497 e. The first kappa shape index (κ1) is 16.3. The topological polar surface area (TPSA) is 73.9 Å². The number of nitrogens with zero attached hydrogens (tertiary/aromatic N) is 4. The van der Waals surface area contributed by atoms with Crippen LogP contribution in [0.2, 0.25) is 0 Å². The second-order valence-electron chi connectivity index (χ2n) is 4.30. The van der Waals surface area contributed by atoms with Crippen molar-refractivity contribution in [1.29, 1.82) is 0 Å². The molecule has 0 fully saturated rings. The summed E-state index contributed by atoms with van der Waals surface area (Å²) in [6.07, 6.45) is 0. The molecule has 0 aliphatic heterocycles. The van der Waals surface area contributed by atoms with Gasteiger partial charge in [-0.05, 0) is 30.0 Å². The number of methoxy groups -OCH3 is 1. The zero-order valence-electron chi connectivity index (χ0n) is 12.6. The molecule has 9 heteroatoms. The van der Waals surface area contributed by atoms with E-state index in [0.29, 0.717) is 17.5 Å². The molecule has 6 nitrogen and oxygen atoms in total.